The van der Waals surface area contributed by atoms with Gasteiger partial charge in [-0.05, 0) is 32.4 Å². The van der Waals surface area contributed by atoms with Crippen LogP contribution in [0.2, 0.25) is 0 Å². The van der Waals surface area contributed by atoms with Crippen LogP contribution in [0.15, 0.2) is 12.7 Å². The van der Waals surface area contributed by atoms with Crippen molar-refractivity contribution in [3.8, 4) is 0 Å². The van der Waals surface area contributed by atoms with Gasteiger partial charge < -0.3 is 10.6 Å². The Morgan fingerprint density at radius 2 is 2.46 bits per heavy atom. The number of rotatable bonds is 5. The van der Waals surface area contributed by atoms with Crippen molar-refractivity contribution in [3.05, 3.63) is 12.7 Å². The van der Waals surface area contributed by atoms with Crippen LogP contribution in [0.1, 0.15) is 19.8 Å². The summed E-state index contributed by atoms with van der Waals surface area (Å²) >= 11 is 0. The van der Waals surface area contributed by atoms with E-state index < -0.39 is 0 Å². The molecule has 1 aliphatic heterocycles. The minimum atomic E-state index is 0.167. The van der Waals surface area contributed by atoms with Crippen molar-refractivity contribution in [2.45, 2.75) is 25.8 Å². The van der Waals surface area contributed by atoms with Crippen LogP contribution in [0.4, 0.5) is 0 Å². The second-order valence-electron chi connectivity index (χ2n) is 3.72. The van der Waals surface area contributed by atoms with Gasteiger partial charge >= 0.3 is 0 Å². The van der Waals surface area contributed by atoms with Gasteiger partial charge in [-0.1, -0.05) is 6.08 Å². The fourth-order valence-corrected chi connectivity index (χ4v) is 1.40. The molecule has 0 aromatic rings. The fourth-order valence-electron chi connectivity index (χ4n) is 1.40. The first-order valence-electron chi connectivity index (χ1n) is 4.83. The molecule has 3 nitrogen and oxygen atoms in total. The van der Waals surface area contributed by atoms with Crippen molar-refractivity contribution in [2.24, 2.45) is 5.92 Å². The normalized spacial score (nSPS) is 18.8. The van der Waals surface area contributed by atoms with Gasteiger partial charge in [-0.2, -0.15) is 0 Å². The van der Waals surface area contributed by atoms with Crippen molar-refractivity contribution in [2.75, 3.05) is 13.1 Å². The smallest absolute Gasteiger partial charge is 0.220 e. The van der Waals surface area contributed by atoms with E-state index >= 15 is 0 Å². The molecule has 1 saturated heterocycles. The number of hydrogen-bond acceptors (Lipinski definition) is 2. The van der Waals surface area contributed by atoms with Crippen molar-refractivity contribution in [3.63, 3.8) is 0 Å². The van der Waals surface area contributed by atoms with Crippen molar-refractivity contribution < 1.29 is 4.79 Å². The van der Waals surface area contributed by atoms with E-state index in [9.17, 15) is 4.79 Å². The predicted octanol–water partition coefficient (Wildman–Crippen LogP) is 0.677. The molecule has 1 rings (SSSR count). The molecular formula is C10H18N2O. The molecule has 1 aliphatic rings. The summed E-state index contributed by atoms with van der Waals surface area (Å²) in [6.45, 7) is 7.61. The molecule has 0 aromatic carbocycles. The second-order valence-corrected chi connectivity index (χ2v) is 3.72. The van der Waals surface area contributed by atoms with E-state index in [-0.39, 0.29) is 11.9 Å². The summed E-state index contributed by atoms with van der Waals surface area (Å²) in [4.78, 5) is 11.4. The number of carbonyl (C=O) groups is 1. The maximum absolute atomic E-state index is 11.4. The van der Waals surface area contributed by atoms with Gasteiger partial charge in [0.05, 0.1) is 0 Å². The maximum atomic E-state index is 11.4. The first-order chi connectivity index (χ1) is 6.22. The highest BCUT2D eigenvalue weighted by Gasteiger charge is 2.20. The molecule has 1 fully saturated rings. The maximum Gasteiger partial charge on any atom is 0.220 e. The Bertz CT molecular complexity index is 187. The lowest BCUT2D eigenvalue weighted by atomic mass is 9.99. The predicted molar refractivity (Wildman–Crippen MR) is 53.4 cm³/mol. The van der Waals surface area contributed by atoms with Crippen LogP contribution in [-0.4, -0.2) is 25.0 Å². The molecule has 0 radical (unpaired) electrons. The first-order valence-corrected chi connectivity index (χ1v) is 4.83. The van der Waals surface area contributed by atoms with Crippen molar-refractivity contribution >= 4 is 5.91 Å². The SMILES string of the molecule is C=CCC(C)NC(=O)CC1CNC1. The van der Waals surface area contributed by atoms with Crippen LogP contribution < -0.4 is 10.6 Å². The summed E-state index contributed by atoms with van der Waals surface area (Å²) in [6, 6.07) is 0.220. The Hall–Kier alpha value is -0.830. The Morgan fingerprint density at radius 1 is 1.77 bits per heavy atom. The average Bonchev–Trinajstić information content (AvgIpc) is 1.97. The third-order valence-corrected chi connectivity index (χ3v) is 2.27. The van der Waals surface area contributed by atoms with E-state index in [1.807, 2.05) is 13.0 Å². The standard InChI is InChI=1S/C10H18N2O/c1-3-4-8(2)12-10(13)5-9-6-11-7-9/h3,8-9,11H,1,4-7H2,2H3,(H,12,13). The fraction of sp³-hybridized carbons (Fsp3) is 0.700. The Labute approximate surface area is 79.6 Å². The second kappa shape index (κ2) is 5.02. The topological polar surface area (TPSA) is 41.1 Å². The van der Waals surface area contributed by atoms with Crippen molar-refractivity contribution in [1.29, 1.82) is 0 Å². The molecule has 0 aromatic heterocycles. The van der Waals surface area contributed by atoms with Gasteiger partial charge in [-0.3, -0.25) is 4.79 Å². The van der Waals surface area contributed by atoms with Crippen LogP contribution in [0.3, 0.4) is 0 Å². The summed E-state index contributed by atoms with van der Waals surface area (Å²) in [5.74, 6) is 0.719. The molecule has 0 saturated carbocycles. The highest BCUT2D eigenvalue weighted by Crippen LogP contribution is 2.07. The molecule has 74 valence electrons. The summed E-state index contributed by atoms with van der Waals surface area (Å²) in [5.41, 5.74) is 0. The number of amides is 1. The van der Waals surface area contributed by atoms with E-state index in [2.05, 4.69) is 17.2 Å². The molecule has 13 heavy (non-hydrogen) atoms. The van der Waals surface area contributed by atoms with Crippen LogP contribution in [0.5, 0.6) is 0 Å². The average molecular weight is 182 g/mol. The molecule has 3 heteroatoms. The van der Waals surface area contributed by atoms with Gasteiger partial charge in [0.2, 0.25) is 5.91 Å². The molecule has 1 unspecified atom stereocenters. The van der Waals surface area contributed by atoms with E-state index in [1.54, 1.807) is 0 Å². The molecule has 1 amide bonds. The molecular weight excluding hydrogens is 164 g/mol. The minimum Gasteiger partial charge on any atom is -0.353 e. The molecule has 0 aliphatic carbocycles. The largest absolute Gasteiger partial charge is 0.353 e. The van der Waals surface area contributed by atoms with E-state index in [0.29, 0.717) is 12.3 Å². The molecule has 2 N–H and O–H groups in total. The summed E-state index contributed by atoms with van der Waals surface area (Å²) in [7, 11) is 0. The third kappa shape index (κ3) is 3.59. The zero-order valence-electron chi connectivity index (χ0n) is 8.18. The van der Waals surface area contributed by atoms with Gasteiger partial charge in [-0.25, -0.2) is 0 Å². The van der Waals surface area contributed by atoms with Crippen LogP contribution >= 0.6 is 0 Å². The van der Waals surface area contributed by atoms with Crippen LogP contribution in [-0.2, 0) is 4.79 Å². The van der Waals surface area contributed by atoms with E-state index in [1.165, 1.54) is 0 Å². The summed E-state index contributed by atoms with van der Waals surface area (Å²) < 4.78 is 0. The van der Waals surface area contributed by atoms with Gasteiger partial charge in [0.1, 0.15) is 0 Å². The van der Waals surface area contributed by atoms with Crippen LogP contribution in [0, 0.1) is 5.92 Å². The highest BCUT2D eigenvalue weighted by molar-refractivity contribution is 5.76. The molecule has 1 heterocycles. The quantitative estimate of drug-likeness (QED) is 0.614. The van der Waals surface area contributed by atoms with E-state index in [0.717, 1.165) is 19.5 Å². The van der Waals surface area contributed by atoms with Gasteiger partial charge in [0.15, 0.2) is 0 Å². The Morgan fingerprint density at radius 3 is 2.92 bits per heavy atom. The van der Waals surface area contributed by atoms with Crippen molar-refractivity contribution in [1.82, 2.24) is 10.6 Å². The lowest BCUT2D eigenvalue weighted by Crippen LogP contribution is -2.45. The van der Waals surface area contributed by atoms with Gasteiger partial charge in [0.25, 0.3) is 0 Å². The third-order valence-electron chi connectivity index (χ3n) is 2.27. The number of hydrogen-bond donors (Lipinski definition) is 2. The summed E-state index contributed by atoms with van der Waals surface area (Å²) in [6.07, 6.45) is 3.33. The van der Waals surface area contributed by atoms with Gasteiger partial charge in [0, 0.05) is 12.5 Å². The lowest BCUT2D eigenvalue weighted by Gasteiger charge is -2.26. The van der Waals surface area contributed by atoms with Gasteiger partial charge in [-0.15, -0.1) is 6.58 Å². The lowest BCUT2D eigenvalue weighted by molar-refractivity contribution is -0.122. The number of carbonyl (C=O) groups excluding carboxylic acids is 1. The molecule has 1 atom stereocenters. The first kappa shape index (κ1) is 10.3. The highest BCUT2D eigenvalue weighted by atomic mass is 16.1. The van der Waals surface area contributed by atoms with Crippen LogP contribution in [0.25, 0.3) is 0 Å². The molecule has 0 bridgehead atoms. The molecule has 0 spiro atoms. The zero-order chi connectivity index (χ0) is 9.68. The zero-order valence-corrected chi connectivity index (χ0v) is 8.18. The monoisotopic (exact) mass is 182 g/mol. The Balaban J connectivity index is 2.11. The van der Waals surface area contributed by atoms with E-state index in [4.69, 9.17) is 0 Å². The minimum absolute atomic E-state index is 0.167. The Kier molecular flexibility index (Phi) is 3.96. The number of nitrogens with one attached hydrogen (secondary N) is 2. The summed E-state index contributed by atoms with van der Waals surface area (Å²) in [5, 5.41) is 6.09.